The summed E-state index contributed by atoms with van der Waals surface area (Å²) in [5.74, 6) is -0.687. The van der Waals surface area contributed by atoms with Gasteiger partial charge >= 0.3 is 0 Å². The Labute approximate surface area is 125 Å². The van der Waals surface area contributed by atoms with Gasteiger partial charge in [-0.05, 0) is 31.0 Å². The summed E-state index contributed by atoms with van der Waals surface area (Å²) in [6, 6.07) is 2.34. The van der Waals surface area contributed by atoms with Crippen LogP contribution >= 0.6 is 11.3 Å². The summed E-state index contributed by atoms with van der Waals surface area (Å²) in [6.45, 7) is 2.80. The third-order valence-electron chi connectivity index (χ3n) is 2.82. The maximum atomic E-state index is 13.7. The molecule has 0 unspecified atom stereocenters. The van der Waals surface area contributed by atoms with E-state index in [1.54, 1.807) is 0 Å². The van der Waals surface area contributed by atoms with Crippen LogP contribution in [0.4, 0.5) is 9.52 Å². The van der Waals surface area contributed by atoms with E-state index in [0.717, 1.165) is 17.4 Å². The highest BCUT2D eigenvalue weighted by Gasteiger charge is 2.22. The Morgan fingerprint density at radius 3 is 2.67 bits per heavy atom. The molecule has 21 heavy (non-hydrogen) atoms. The lowest BCUT2D eigenvalue weighted by Crippen LogP contribution is -2.15. The molecule has 1 heterocycles. The predicted octanol–water partition coefficient (Wildman–Crippen LogP) is 1.84. The highest BCUT2D eigenvalue weighted by molar-refractivity contribution is 7.93. The minimum absolute atomic E-state index is 0.0140. The minimum Gasteiger partial charge on any atom is -0.392 e. The van der Waals surface area contributed by atoms with Crippen LogP contribution in [-0.2, 0) is 23.1 Å². The molecule has 114 valence electrons. The Kier molecular flexibility index (Phi) is 4.55. The standard InChI is InChI=1S/C12H14FN3O3S2/c1-3-11-14-15-12(20-11)16-21(18,19)10-5-8(6-17)4-9(13)7(10)2/h4-5,17H,3,6H2,1-2H3,(H,15,16). The molecule has 2 aromatic rings. The number of sulfonamides is 1. The summed E-state index contributed by atoms with van der Waals surface area (Å²) in [7, 11) is -3.99. The Hall–Kier alpha value is -1.58. The van der Waals surface area contributed by atoms with Crippen LogP contribution in [0.3, 0.4) is 0 Å². The summed E-state index contributed by atoms with van der Waals surface area (Å²) in [6.07, 6.45) is 0.646. The molecule has 2 rings (SSSR count). The first-order valence-corrected chi connectivity index (χ1v) is 8.42. The van der Waals surface area contributed by atoms with E-state index < -0.39 is 22.4 Å². The van der Waals surface area contributed by atoms with Crippen molar-refractivity contribution in [1.82, 2.24) is 10.2 Å². The second-order valence-corrected chi connectivity index (χ2v) is 7.03. The van der Waals surface area contributed by atoms with E-state index in [0.29, 0.717) is 11.4 Å². The monoisotopic (exact) mass is 331 g/mol. The summed E-state index contributed by atoms with van der Waals surface area (Å²) < 4.78 is 40.6. The van der Waals surface area contributed by atoms with Crippen molar-refractivity contribution in [3.8, 4) is 0 Å². The van der Waals surface area contributed by atoms with Gasteiger partial charge in [0.05, 0.1) is 11.5 Å². The summed E-state index contributed by atoms with van der Waals surface area (Å²) in [4.78, 5) is -0.222. The number of halogens is 1. The molecule has 2 N–H and O–H groups in total. The molecule has 0 amide bonds. The van der Waals surface area contributed by atoms with Gasteiger partial charge in [-0.25, -0.2) is 12.8 Å². The average molecular weight is 331 g/mol. The van der Waals surface area contributed by atoms with Crippen LogP contribution in [0.25, 0.3) is 0 Å². The Morgan fingerprint density at radius 1 is 1.38 bits per heavy atom. The molecule has 9 heteroatoms. The summed E-state index contributed by atoms with van der Waals surface area (Å²) >= 11 is 1.12. The number of hydrogen-bond acceptors (Lipinski definition) is 6. The Balaban J connectivity index is 2.41. The van der Waals surface area contributed by atoms with E-state index in [1.807, 2.05) is 6.92 Å². The van der Waals surface area contributed by atoms with Crippen molar-refractivity contribution in [2.45, 2.75) is 31.8 Å². The fourth-order valence-corrected chi connectivity index (χ4v) is 3.90. The number of hydrogen-bond donors (Lipinski definition) is 2. The fraction of sp³-hybridized carbons (Fsp3) is 0.333. The second kappa shape index (κ2) is 6.04. The predicted molar refractivity (Wildman–Crippen MR) is 77.2 cm³/mol. The molecule has 1 aromatic heterocycles. The van der Waals surface area contributed by atoms with Crippen molar-refractivity contribution >= 4 is 26.5 Å². The van der Waals surface area contributed by atoms with Crippen molar-refractivity contribution in [2.75, 3.05) is 4.72 Å². The molecule has 0 bridgehead atoms. The summed E-state index contributed by atoms with van der Waals surface area (Å²) in [5, 5.41) is 17.4. The van der Waals surface area contributed by atoms with Gasteiger partial charge in [-0.2, -0.15) is 0 Å². The quantitative estimate of drug-likeness (QED) is 0.872. The number of anilines is 1. The van der Waals surface area contributed by atoms with Crippen LogP contribution in [-0.4, -0.2) is 23.7 Å². The van der Waals surface area contributed by atoms with E-state index in [2.05, 4.69) is 14.9 Å². The molecular formula is C12H14FN3O3S2. The Bertz CT molecular complexity index is 759. The number of nitrogens with one attached hydrogen (secondary N) is 1. The van der Waals surface area contributed by atoms with Gasteiger partial charge < -0.3 is 5.11 Å². The van der Waals surface area contributed by atoms with Gasteiger partial charge in [0.2, 0.25) is 5.13 Å². The molecule has 0 aliphatic rings. The maximum absolute atomic E-state index is 13.7. The maximum Gasteiger partial charge on any atom is 0.264 e. The molecule has 0 saturated carbocycles. The van der Waals surface area contributed by atoms with Crippen molar-refractivity contribution < 1.29 is 17.9 Å². The largest absolute Gasteiger partial charge is 0.392 e. The molecular weight excluding hydrogens is 317 g/mol. The van der Waals surface area contributed by atoms with Gasteiger partial charge in [-0.1, -0.05) is 18.3 Å². The van der Waals surface area contributed by atoms with E-state index in [1.165, 1.54) is 13.0 Å². The minimum atomic E-state index is -3.99. The molecule has 0 spiro atoms. The smallest absolute Gasteiger partial charge is 0.264 e. The zero-order valence-electron chi connectivity index (χ0n) is 11.4. The number of aliphatic hydroxyl groups excluding tert-OH is 1. The first kappa shape index (κ1) is 15.8. The lowest BCUT2D eigenvalue weighted by Gasteiger charge is -2.10. The van der Waals surface area contributed by atoms with Crippen LogP contribution in [0.15, 0.2) is 17.0 Å². The third-order valence-corrected chi connectivity index (χ3v) is 5.40. The lowest BCUT2D eigenvalue weighted by atomic mass is 10.1. The number of aromatic nitrogens is 2. The number of aliphatic hydroxyl groups is 1. The van der Waals surface area contributed by atoms with E-state index in [9.17, 15) is 12.8 Å². The van der Waals surface area contributed by atoms with Gasteiger partial charge in [0.25, 0.3) is 10.0 Å². The highest BCUT2D eigenvalue weighted by atomic mass is 32.2. The number of benzene rings is 1. The Morgan fingerprint density at radius 2 is 2.10 bits per heavy atom. The van der Waals surface area contributed by atoms with Gasteiger partial charge in [-0.15, -0.1) is 10.2 Å². The molecule has 1 aromatic carbocycles. The van der Waals surface area contributed by atoms with Gasteiger partial charge in [0, 0.05) is 5.56 Å². The van der Waals surface area contributed by atoms with E-state index >= 15 is 0 Å². The van der Waals surface area contributed by atoms with E-state index in [-0.39, 0.29) is 21.2 Å². The first-order valence-electron chi connectivity index (χ1n) is 6.12. The SMILES string of the molecule is CCc1nnc(NS(=O)(=O)c2cc(CO)cc(F)c2C)s1. The third kappa shape index (κ3) is 3.36. The van der Waals surface area contributed by atoms with Crippen molar-refractivity contribution in [3.63, 3.8) is 0 Å². The molecule has 0 atom stereocenters. The first-order chi connectivity index (χ1) is 9.87. The molecule has 0 fully saturated rings. The number of rotatable bonds is 5. The zero-order valence-corrected chi connectivity index (χ0v) is 13.1. The molecule has 0 aliphatic carbocycles. The normalized spacial score (nSPS) is 11.6. The topological polar surface area (TPSA) is 92.2 Å². The summed E-state index contributed by atoms with van der Waals surface area (Å²) in [5.41, 5.74) is 0.171. The van der Waals surface area contributed by atoms with Crippen molar-refractivity contribution in [1.29, 1.82) is 0 Å². The van der Waals surface area contributed by atoms with Crippen molar-refractivity contribution in [2.24, 2.45) is 0 Å². The molecule has 0 radical (unpaired) electrons. The zero-order chi connectivity index (χ0) is 15.6. The molecule has 0 aliphatic heterocycles. The van der Waals surface area contributed by atoms with Gasteiger partial charge in [0.1, 0.15) is 10.8 Å². The van der Waals surface area contributed by atoms with Crippen molar-refractivity contribution in [3.05, 3.63) is 34.1 Å². The van der Waals surface area contributed by atoms with Crippen LogP contribution in [0.5, 0.6) is 0 Å². The number of aryl methyl sites for hydroxylation is 1. The second-order valence-electron chi connectivity index (χ2n) is 4.32. The fourth-order valence-electron chi connectivity index (χ4n) is 1.69. The lowest BCUT2D eigenvalue weighted by molar-refractivity contribution is 0.281. The van der Waals surface area contributed by atoms with Crippen LogP contribution in [0.1, 0.15) is 23.1 Å². The van der Waals surface area contributed by atoms with E-state index in [4.69, 9.17) is 5.11 Å². The van der Waals surface area contributed by atoms with Crippen LogP contribution in [0.2, 0.25) is 0 Å². The average Bonchev–Trinajstić information content (AvgIpc) is 2.88. The number of nitrogens with zero attached hydrogens (tertiary/aromatic N) is 2. The highest BCUT2D eigenvalue weighted by Crippen LogP contribution is 2.24. The molecule has 0 saturated heterocycles. The molecule has 6 nitrogen and oxygen atoms in total. The van der Waals surface area contributed by atoms with Crippen LogP contribution < -0.4 is 4.72 Å². The van der Waals surface area contributed by atoms with Gasteiger partial charge in [0.15, 0.2) is 0 Å². The van der Waals surface area contributed by atoms with Gasteiger partial charge in [-0.3, -0.25) is 4.72 Å². The van der Waals surface area contributed by atoms with Crippen LogP contribution in [0, 0.1) is 12.7 Å².